The smallest absolute Gasteiger partial charge is 0.223 e. The zero-order valence-electron chi connectivity index (χ0n) is 8.51. The van der Waals surface area contributed by atoms with E-state index >= 15 is 0 Å². The lowest BCUT2D eigenvalue weighted by atomic mass is 9.77. The minimum atomic E-state index is -5.92. The van der Waals surface area contributed by atoms with Crippen LogP contribution in [0.25, 0.3) is 0 Å². The lowest BCUT2D eigenvalue weighted by molar-refractivity contribution is -0.359. The predicted octanol–water partition coefficient (Wildman–Crippen LogP) is 4.81. The number of hydrogen-bond acceptors (Lipinski definition) is 0. The molecule has 0 aromatic heterocycles. The highest BCUT2D eigenvalue weighted by Crippen LogP contribution is 2.55. The van der Waals surface area contributed by atoms with E-state index < -0.39 is 27.9 Å². The van der Waals surface area contributed by atoms with Gasteiger partial charge in [0.25, 0.3) is 0 Å². The van der Waals surface area contributed by atoms with Crippen LogP contribution < -0.4 is 0 Å². The largest absolute Gasteiger partial charge is 0.431 e. The van der Waals surface area contributed by atoms with Crippen LogP contribution in [0.1, 0.15) is 25.7 Å². The van der Waals surface area contributed by atoms with Crippen molar-refractivity contribution in [1.29, 1.82) is 0 Å². The fourth-order valence-electron chi connectivity index (χ4n) is 2.11. The molecule has 1 aliphatic rings. The van der Waals surface area contributed by atoms with Crippen LogP contribution in [0.2, 0.25) is 0 Å². The molecule has 0 aromatic rings. The average molecular weight is 378 g/mol. The molecule has 2 unspecified atom stereocenters. The van der Waals surface area contributed by atoms with Crippen molar-refractivity contribution in [2.45, 2.75) is 47.6 Å². The van der Waals surface area contributed by atoms with E-state index in [-0.39, 0.29) is 19.3 Å². The standard InChI is InChI=1S/C9H10F7I/c10-7(8(11,12)13,9(14,15)16)5-3-1-2-4-6(5)17/h5-6H,1-4H2. The summed E-state index contributed by atoms with van der Waals surface area (Å²) in [6.45, 7) is 0. The lowest BCUT2D eigenvalue weighted by Gasteiger charge is -2.40. The fourth-order valence-corrected chi connectivity index (χ4v) is 3.41. The monoisotopic (exact) mass is 378 g/mol. The fraction of sp³-hybridized carbons (Fsp3) is 1.00. The molecule has 0 aliphatic heterocycles. The number of hydrogen-bond donors (Lipinski definition) is 0. The van der Waals surface area contributed by atoms with Crippen molar-refractivity contribution in [3.63, 3.8) is 0 Å². The molecule has 1 rings (SSSR count). The third-order valence-corrected chi connectivity index (χ3v) is 4.51. The van der Waals surface area contributed by atoms with Gasteiger partial charge in [-0.2, -0.15) is 26.3 Å². The Morgan fingerprint density at radius 3 is 1.53 bits per heavy atom. The Labute approximate surface area is 107 Å². The molecule has 0 nitrogen and oxygen atoms in total. The van der Waals surface area contributed by atoms with E-state index in [0.717, 1.165) is 0 Å². The van der Waals surface area contributed by atoms with E-state index in [9.17, 15) is 30.7 Å². The van der Waals surface area contributed by atoms with Crippen LogP contribution in [0, 0.1) is 5.92 Å². The number of alkyl halides is 8. The molecule has 0 aromatic carbocycles. The van der Waals surface area contributed by atoms with Crippen molar-refractivity contribution >= 4 is 22.6 Å². The molecule has 0 radical (unpaired) electrons. The normalized spacial score (nSPS) is 28.2. The van der Waals surface area contributed by atoms with Gasteiger partial charge in [0.05, 0.1) is 0 Å². The zero-order valence-corrected chi connectivity index (χ0v) is 10.7. The van der Waals surface area contributed by atoms with Crippen LogP contribution in [-0.2, 0) is 0 Å². The molecule has 2 atom stereocenters. The highest BCUT2D eigenvalue weighted by Gasteiger charge is 2.76. The molecule has 0 spiro atoms. The highest BCUT2D eigenvalue weighted by molar-refractivity contribution is 14.1. The van der Waals surface area contributed by atoms with Gasteiger partial charge >= 0.3 is 18.0 Å². The van der Waals surface area contributed by atoms with Crippen molar-refractivity contribution in [3.05, 3.63) is 0 Å². The molecule has 0 amide bonds. The van der Waals surface area contributed by atoms with Gasteiger partial charge in [0.15, 0.2) is 0 Å². The predicted molar refractivity (Wildman–Crippen MR) is 55.7 cm³/mol. The van der Waals surface area contributed by atoms with Crippen molar-refractivity contribution in [2.75, 3.05) is 0 Å². The van der Waals surface area contributed by atoms with Crippen LogP contribution >= 0.6 is 22.6 Å². The first-order valence-corrected chi connectivity index (χ1v) is 6.23. The second-order valence-corrected chi connectivity index (χ2v) is 5.71. The minimum absolute atomic E-state index is 0.184. The summed E-state index contributed by atoms with van der Waals surface area (Å²) in [5.74, 6) is -2.04. The summed E-state index contributed by atoms with van der Waals surface area (Å²) in [4.78, 5) is 0. The molecule has 1 saturated carbocycles. The summed E-state index contributed by atoms with van der Waals surface area (Å²) in [5.41, 5.74) is -5.09. The third-order valence-electron chi connectivity index (χ3n) is 3.02. The molecule has 0 N–H and O–H groups in total. The summed E-state index contributed by atoms with van der Waals surface area (Å²) in [6.07, 6.45) is -11.3. The molecule has 8 heteroatoms. The molecule has 102 valence electrons. The van der Waals surface area contributed by atoms with Gasteiger partial charge in [-0.15, -0.1) is 0 Å². The summed E-state index contributed by atoms with van der Waals surface area (Å²) < 4.78 is 87.5. The van der Waals surface area contributed by atoms with Crippen molar-refractivity contribution in [3.8, 4) is 0 Å². The number of rotatable bonds is 1. The maximum Gasteiger partial charge on any atom is 0.431 e. The molecule has 1 aliphatic carbocycles. The van der Waals surface area contributed by atoms with Crippen molar-refractivity contribution in [2.24, 2.45) is 5.92 Å². The highest BCUT2D eigenvalue weighted by atomic mass is 127. The summed E-state index contributed by atoms with van der Waals surface area (Å²) in [7, 11) is 0. The Morgan fingerprint density at radius 1 is 0.765 bits per heavy atom. The molecule has 1 fully saturated rings. The zero-order chi connectivity index (χ0) is 13.5. The van der Waals surface area contributed by atoms with Crippen molar-refractivity contribution in [1.82, 2.24) is 0 Å². The van der Waals surface area contributed by atoms with E-state index in [1.165, 1.54) is 22.6 Å². The van der Waals surface area contributed by atoms with Gasteiger partial charge in [-0.3, -0.25) is 0 Å². The first-order valence-electron chi connectivity index (χ1n) is 4.98. The minimum Gasteiger partial charge on any atom is -0.223 e. The third kappa shape index (κ3) is 2.65. The average Bonchev–Trinajstić information content (AvgIpc) is 2.13. The summed E-state index contributed by atoms with van der Waals surface area (Å²) in [6, 6.07) is 0. The van der Waals surface area contributed by atoms with Crippen LogP contribution in [0.5, 0.6) is 0 Å². The first kappa shape index (κ1) is 15.3. The van der Waals surface area contributed by atoms with Gasteiger partial charge in [0.1, 0.15) is 0 Å². The van der Waals surface area contributed by atoms with Crippen LogP contribution in [0.3, 0.4) is 0 Å². The van der Waals surface area contributed by atoms with Gasteiger partial charge in [-0.05, 0) is 12.8 Å². The number of halogens is 8. The van der Waals surface area contributed by atoms with Crippen LogP contribution in [0.4, 0.5) is 30.7 Å². The summed E-state index contributed by atoms with van der Waals surface area (Å²) in [5, 5.41) is 0. The maximum atomic E-state index is 13.7. The first-order chi connectivity index (χ1) is 7.52. The molecule has 0 saturated heterocycles. The van der Waals surface area contributed by atoms with Gasteiger partial charge in [0.2, 0.25) is 0 Å². The second-order valence-electron chi connectivity index (χ2n) is 4.11. The van der Waals surface area contributed by atoms with Gasteiger partial charge < -0.3 is 0 Å². The SMILES string of the molecule is FC(F)(F)C(F)(C1CCCCC1I)C(F)(F)F. The van der Waals surface area contributed by atoms with Gasteiger partial charge in [-0.1, -0.05) is 35.4 Å². The van der Waals surface area contributed by atoms with E-state index in [1.807, 2.05) is 0 Å². The van der Waals surface area contributed by atoms with E-state index in [1.54, 1.807) is 0 Å². The van der Waals surface area contributed by atoms with Crippen LogP contribution in [0.15, 0.2) is 0 Å². The topological polar surface area (TPSA) is 0 Å². The second kappa shape index (κ2) is 4.73. The maximum absolute atomic E-state index is 13.7. The van der Waals surface area contributed by atoms with Gasteiger partial charge in [-0.25, -0.2) is 4.39 Å². The molecule has 0 bridgehead atoms. The van der Waals surface area contributed by atoms with Gasteiger partial charge in [0, 0.05) is 9.84 Å². The molecular weight excluding hydrogens is 368 g/mol. The quantitative estimate of drug-likeness (QED) is 0.349. The van der Waals surface area contributed by atoms with E-state index in [0.29, 0.717) is 6.42 Å². The lowest BCUT2D eigenvalue weighted by Crippen LogP contribution is -2.60. The van der Waals surface area contributed by atoms with Crippen molar-refractivity contribution < 1.29 is 30.7 Å². The molecular formula is C9H10F7I. The van der Waals surface area contributed by atoms with Crippen LogP contribution in [-0.4, -0.2) is 21.9 Å². The van der Waals surface area contributed by atoms with E-state index in [2.05, 4.69) is 0 Å². The summed E-state index contributed by atoms with van der Waals surface area (Å²) >= 11 is 1.48. The Bertz CT molecular complexity index is 255. The Hall–Kier alpha value is 0.240. The van der Waals surface area contributed by atoms with E-state index in [4.69, 9.17) is 0 Å². The Balaban J connectivity index is 3.15. The molecule has 17 heavy (non-hydrogen) atoms. The molecule has 0 heterocycles. The Kier molecular flexibility index (Phi) is 4.26. The Morgan fingerprint density at radius 2 is 1.18 bits per heavy atom.